The van der Waals surface area contributed by atoms with Crippen LogP contribution in [0.4, 0.5) is 0 Å². The molecule has 0 aliphatic carbocycles. The molecular weight excluding hydrogens is 332 g/mol. The predicted molar refractivity (Wildman–Crippen MR) is 110 cm³/mol. The number of hydrogen-bond acceptors (Lipinski definition) is 2. The molecule has 0 radical (unpaired) electrons. The van der Waals surface area contributed by atoms with Gasteiger partial charge >= 0.3 is 0 Å². The van der Waals surface area contributed by atoms with Gasteiger partial charge in [0.05, 0.1) is 0 Å². The highest BCUT2D eigenvalue weighted by Crippen LogP contribution is 2.37. The molecule has 0 atom stereocenters. The van der Waals surface area contributed by atoms with Crippen LogP contribution in [0.3, 0.4) is 0 Å². The third kappa shape index (κ3) is 3.42. The lowest BCUT2D eigenvalue weighted by Gasteiger charge is -2.16. The normalized spacial score (nSPS) is 10.7. The van der Waals surface area contributed by atoms with Crippen molar-refractivity contribution in [2.45, 2.75) is 6.42 Å². The van der Waals surface area contributed by atoms with E-state index >= 15 is 0 Å². The van der Waals surface area contributed by atoms with Crippen LogP contribution in [0, 0.1) is 0 Å². The third-order valence-electron chi connectivity index (χ3n) is 4.83. The van der Waals surface area contributed by atoms with E-state index in [2.05, 4.69) is 0 Å². The summed E-state index contributed by atoms with van der Waals surface area (Å²) in [7, 11) is 0. The molecule has 2 N–H and O–H groups in total. The summed E-state index contributed by atoms with van der Waals surface area (Å²) in [5, 5.41) is 21.2. The van der Waals surface area contributed by atoms with Crippen molar-refractivity contribution in [1.29, 1.82) is 0 Å². The maximum atomic E-state index is 10.6. The molecule has 0 spiro atoms. The highest BCUT2D eigenvalue weighted by molar-refractivity contribution is 5.74. The van der Waals surface area contributed by atoms with Gasteiger partial charge in [-0.3, -0.25) is 0 Å². The Kier molecular flexibility index (Phi) is 4.63. The van der Waals surface area contributed by atoms with Gasteiger partial charge < -0.3 is 10.2 Å². The topological polar surface area (TPSA) is 40.5 Å². The molecule has 132 valence electrons. The minimum atomic E-state index is 0.235. The third-order valence-corrected chi connectivity index (χ3v) is 4.83. The van der Waals surface area contributed by atoms with Crippen molar-refractivity contribution < 1.29 is 10.2 Å². The van der Waals surface area contributed by atoms with Gasteiger partial charge in [-0.1, -0.05) is 84.9 Å². The molecule has 4 rings (SSSR count). The Bertz CT molecular complexity index is 967. The second kappa shape index (κ2) is 7.38. The van der Waals surface area contributed by atoms with E-state index < -0.39 is 0 Å². The predicted octanol–water partition coefficient (Wildman–Crippen LogP) is 6.02. The van der Waals surface area contributed by atoms with Gasteiger partial charge in [-0.15, -0.1) is 0 Å². The number of benzene rings is 4. The highest BCUT2D eigenvalue weighted by Gasteiger charge is 2.16. The molecule has 0 aliphatic rings. The van der Waals surface area contributed by atoms with E-state index in [1.807, 2.05) is 84.9 Å². The van der Waals surface area contributed by atoms with Crippen molar-refractivity contribution in [1.82, 2.24) is 0 Å². The summed E-state index contributed by atoms with van der Waals surface area (Å²) in [4.78, 5) is 0. The molecule has 2 nitrogen and oxygen atoms in total. The van der Waals surface area contributed by atoms with Gasteiger partial charge in [0.15, 0.2) is 0 Å². The molecule has 0 bridgehead atoms. The molecule has 0 aromatic heterocycles. The van der Waals surface area contributed by atoms with Gasteiger partial charge in [-0.2, -0.15) is 0 Å². The van der Waals surface area contributed by atoms with Crippen LogP contribution in [0.15, 0.2) is 97.1 Å². The fraction of sp³-hybridized carbons (Fsp3) is 0.0400. The van der Waals surface area contributed by atoms with Crippen LogP contribution in [0.25, 0.3) is 22.3 Å². The summed E-state index contributed by atoms with van der Waals surface area (Å²) < 4.78 is 0. The molecular formula is C25H20O2. The molecule has 0 heterocycles. The van der Waals surface area contributed by atoms with E-state index in [0.717, 1.165) is 33.4 Å². The summed E-state index contributed by atoms with van der Waals surface area (Å²) in [5.74, 6) is 0.470. The summed E-state index contributed by atoms with van der Waals surface area (Å²) in [5.41, 5.74) is 5.64. The van der Waals surface area contributed by atoms with Gasteiger partial charge in [0.25, 0.3) is 0 Å². The number of phenols is 2. The maximum Gasteiger partial charge on any atom is 0.119 e. The minimum Gasteiger partial charge on any atom is -0.508 e. The zero-order chi connectivity index (χ0) is 18.6. The van der Waals surface area contributed by atoms with Gasteiger partial charge in [0.2, 0.25) is 0 Å². The summed E-state index contributed by atoms with van der Waals surface area (Å²) >= 11 is 0. The molecule has 2 heteroatoms. The SMILES string of the molecule is Oc1cccc(-c2ccccc2)c1Cc1c(O)cccc1-c1ccccc1. The summed E-state index contributed by atoms with van der Waals surface area (Å²) in [6, 6.07) is 31.1. The first-order valence-electron chi connectivity index (χ1n) is 8.96. The Morgan fingerprint density at radius 3 is 1.26 bits per heavy atom. The van der Waals surface area contributed by atoms with Crippen molar-refractivity contribution >= 4 is 0 Å². The average Bonchev–Trinajstić information content (AvgIpc) is 2.72. The van der Waals surface area contributed by atoms with Crippen LogP contribution in [0.5, 0.6) is 11.5 Å². The monoisotopic (exact) mass is 352 g/mol. The van der Waals surface area contributed by atoms with E-state index in [4.69, 9.17) is 0 Å². The molecule has 0 amide bonds. The van der Waals surface area contributed by atoms with Crippen molar-refractivity contribution in [2.75, 3.05) is 0 Å². The largest absolute Gasteiger partial charge is 0.508 e. The first kappa shape index (κ1) is 16.9. The Labute approximate surface area is 159 Å². The molecule has 0 unspecified atom stereocenters. The number of aromatic hydroxyl groups is 2. The summed E-state index contributed by atoms with van der Waals surface area (Å²) in [6.45, 7) is 0. The van der Waals surface area contributed by atoms with Gasteiger partial charge in [-0.25, -0.2) is 0 Å². The first-order chi connectivity index (χ1) is 13.2. The lowest BCUT2D eigenvalue weighted by atomic mass is 9.90. The van der Waals surface area contributed by atoms with Crippen molar-refractivity contribution in [3.8, 4) is 33.8 Å². The second-order valence-corrected chi connectivity index (χ2v) is 6.52. The molecule has 4 aromatic rings. The molecule has 0 fully saturated rings. The van der Waals surface area contributed by atoms with Crippen LogP contribution >= 0.6 is 0 Å². The molecule has 4 aromatic carbocycles. The van der Waals surface area contributed by atoms with Crippen LogP contribution in [0.2, 0.25) is 0 Å². The van der Waals surface area contributed by atoms with E-state index in [-0.39, 0.29) is 11.5 Å². The molecule has 0 saturated carbocycles. The Morgan fingerprint density at radius 1 is 0.444 bits per heavy atom. The van der Waals surface area contributed by atoms with Crippen LogP contribution in [0.1, 0.15) is 11.1 Å². The number of hydrogen-bond donors (Lipinski definition) is 2. The van der Waals surface area contributed by atoms with Crippen LogP contribution in [-0.2, 0) is 6.42 Å². The van der Waals surface area contributed by atoms with Crippen LogP contribution < -0.4 is 0 Å². The van der Waals surface area contributed by atoms with Gasteiger partial charge in [0, 0.05) is 17.5 Å². The lowest BCUT2D eigenvalue weighted by molar-refractivity contribution is 0.463. The fourth-order valence-electron chi connectivity index (χ4n) is 3.47. The molecule has 27 heavy (non-hydrogen) atoms. The minimum absolute atomic E-state index is 0.235. The van der Waals surface area contributed by atoms with E-state index in [0.29, 0.717) is 6.42 Å². The fourth-order valence-corrected chi connectivity index (χ4v) is 3.47. The van der Waals surface area contributed by atoms with Crippen molar-refractivity contribution in [3.63, 3.8) is 0 Å². The number of rotatable bonds is 4. The standard InChI is InChI=1S/C25H20O2/c26-24-15-7-13-20(18-9-3-1-4-10-18)22(24)17-23-21(14-8-16-25(23)27)19-11-5-2-6-12-19/h1-16,26-27H,17H2. The lowest BCUT2D eigenvalue weighted by Crippen LogP contribution is -1.97. The quantitative estimate of drug-likeness (QED) is 0.471. The van der Waals surface area contributed by atoms with Crippen molar-refractivity contribution in [3.05, 3.63) is 108 Å². The zero-order valence-corrected chi connectivity index (χ0v) is 14.8. The van der Waals surface area contributed by atoms with Crippen molar-refractivity contribution in [2.24, 2.45) is 0 Å². The van der Waals surface area contributed by atoms with Crippen LogP contribution in [-0.4, -0.2) is 10.2 Å². The molecule has 0 aliphatic heterocycles. The summed E-state index contributed by atoms with van der Waals surface area (Å²) in [6.07, 6.45) is 0.438. The molecule has 0 saturated heterocycles. The van der Waals surface area contributed by atoms with Gasteiger partial charge in [0.1, 0.15) is 11.5 Å². The average molecular weight is 352 g/mol. The number of phenolic OH excluding ortho intramolecular Hbond substituents is 2. The Hall–Kier alpha value is -3.52. The first-order valence-corrected chi connectivity index (χ1v) is 8.96. The maximum absolute atomic E-state index is 10.6. The van der Waals surface area contributed by atoms with E-state index in [9.17, 15) is 10.2 Å². The van der Waals surface area contributed by atoms with E-state index in [1.165, 1.54) is 0 Å². The zero-order valence-electron chi connectivity index (χ0n) is 14.8. The Morgan fingerprint density at radius 2 is 0.852 bits per heavy atom. The highest BCUT2D eigenvalue weighted by atomic mass is 16.3. The van der Waals surface area contributed by atoms with E-state index in [1.54, 1.807) is 12.1 Å². The van der Waals surface area contributed by atoms with Gasteiger partial charge in [-0.05, 0) is 34.4 Å². The smallest absolute Gasteiger partial charge is 0.119 e. The second-order valence-electron chi connectivity index (χ2n) is 6.52. The Balaban J connectivity index is 1.85.